The van der Waals surface area contributed by atoms with Crippen LogP contribution in [-0.2, 0) is 0 Å². The van der Waals surface area contributed by atoms with Gasteiger partial charge >= 0.3 is 0 Å². The van der Waals surface area contributed by atoms with Gasteiger partial charge in [-0.1, -0.05) is 26.0 Å². The van der Waals surface area contributed by atoms with Crippen LogP contribution in [0.25, 0.3) is 11.1 Å². The van der Waals surface area contributed by atoms with Crippen molar-refractivity contribution in [2.75, 3.05) is 13.1 Å². The van der Waals surface area contributed by atoms with Crippen LogP contribution in [0.1, 0.15) is 66.2 Å². The van der Waals surface area contributed by atoms with Gasteiger partial charge in [-0.25, -0.2) is 14.4 Å². The summed E-state index contributed by atoms with van der Waals surface area (Å²) < 4.78 is 13.4. The van der Waals surface area contributed by atoms with E-state index in [2.05, 4.69) is 29.0 Å². The van der Waals surface area contributed by atoms with Gasteiger partial charge in [-0.05, 0) is 49.4 Å². The third kappa shape index (κ3) is 4.10. The Bertz CT molecular complexity index is 1040. The molecule has 1 aromatic carbocycles. The fraction of sp³-hybridized carbons (Fsp3) is 0.391. The molecule has 0 spiro atoms. The van der Waals surface area contributed by atoms with Gasteiger partial charge < -0.3 is 4.90 Å². The zero-order valence-electron chi connectivity index (χ0n) is 17.5. The number of aryl methyl sites for hydroxylation is 1. The number of likely N-dealkylation sites (tertiary alicyclic amines) is 1. The number of carbonyl (C=O) groups is 1. The largest absolute Gasteiger partial charge is 0.337 e. The summed E-state index contributed by atoms with van der Waals surface area (Å²) in [5, 5.41) is 7.18. The van der Waals surface area contributed by atoms with Crippen molar-refractivity contribution in [3.05, 3.63) is 65.3 Å². The van der Waals surface area contributed by atoms with Crippen LogP contribution in [0.5, 0.6) is 0 Å². The van der Waals surface area contributed by atoms with E-state index in [1.165, 1.54) is 12.1 Å². The third-order valence-electron chi connectivity index (χ3n) is 5.63. The van der Waals surface area contributed by atoms with Crippen molar-refractivity contribution in [1.29, 1.82) is 0 Å². The van der Waals surface area contributed by atoms with E-state index in [4.69, 9.17) is 4.98 Å². The lowest BCUT2D eigenvalue weighted by molar-refractivity contribution is 0.0700. The van der Waals surface area contributed by atoms with Gasteiger partial charge in [0.15, 0.2) is 0 Å². The highest BCUT2D eigenvalue weighted by Gasteiger charge is 2.29. The highest BCUT2D eigenvalue weighted by molar-refractivity contribution is 5.92. The second-order valence-corrected chi connectivity index (χ2v) is 8.18. The van der Waals surface area contributed by atoms with Crippen molar-refractivity contribution < 1.29 is 9.18 Å². The number of amides is 1. The standard InChI is InChI=1S/C23H26FN5O/c1-14(2)20-11-21(28-27-20)23(30)29-10-4-5-17(13-29)22-19(12-25-15(3)26-22)16-6-8-18(24)9-7-16/h6-9,11-12,14,17H,4-5,10,13H2,1-3H3,(H,27,28)/t17-/m1/s1. The number of H-pyrrole nitrogens is 1. The summed E-state index contributed by atoms with van der Waals surface area (Å²) in [5.74, 6) is 0.732. The van der Waals surface area contributed by atoms with Crippen LogP contribution in [0, 0.1) is 12.7 Å². The van der Waals surface area contributed by atoms with Crippen molar-refractivity contribution >= 4 is 5.91 Å². The topological polar surface area (TPSA) is 74.8 Å². The number of nitrogens with one attached hydrogen (secondary N) is 1. The average Bonchev–Trinajstić information content (AvgIpc) is 3.25. The second-order valence-electron chi connectivity index (χ2n) is 8.18. The molecule has 4 rings (SSSR count). The average molecular weight is 407 g/mol. The summed E-state index contributed by atoms with van der Waals surface area (Å²) in [6, 6.07) is 8.22. The molecule has 156 valence electrons. The van der Waals surface area contributed by atoms with E-state index in [1.54, 1.807) is 18.3 Å². The quantitative estimate of drug-likeness (QED) is 0.693. The Hall–Kier alpha value is -3.09. The van der Waals surface area contributed by atoms with E-state index in [-0.39, 0.29) is 23.6 Å². The van der Waals surface area contributed by atoms with Gasteiger partial charge in [0.25, 0.3) is 5.91 Å². The first-order chi connectivity index (χ1) is 14.4. The van der Waals surface area contributed by atoms with Crippen LogP contribution in [0.2, 0.25) is 0 Å². The maximum absolute atomic E-state index is 13.4. The van der Waals surface area contributed by atoms with Gasteiger partial charge in [-0.15, -0.1) is 0 Å². The number of hydrogen-bond acceptors (Lipinski definition) is 4. The molecular weight excluding hydrogens is 381 g/mol. The zero-order chi connectivity index (χ0) is 21.3. The molecule has 0 unspecified atom stereocenters. The summed E-state index contributed by atoms with van der Waals surface area (Å²) in [7, 11) is 0. The number of carbonyl (C=O) groups excluding carboxylic acids is 1. The molecule has 0 aliphatic carbocycles. The first-order valence-corrected chi connectivity index (χ1v) is 10.4. The highest BCUT2D eigenvalue weighted by Crippen LogP contribution is 2.33. The smallest absolute Gasteiger partial charge is 0.274 e. The Balaban J connectivity index is 1.60. The predicted molar refractivity (Wildman–Crippen MR) is 113 cm³/mol. The molecule has 1 fully saturated rings. The Kier molecular flexibility index (Phi) is 5.61. The highest BCUT2D eigenvalue weighted by atomic mass is 19.1. The molecule has 0 bridgehead atoms. The van der Waals surface area contributed by atoms with E-state index in [0.29, 0.717) is 24.6 Å². The number of rotatable bonds is 4. The molecule has 7 heteroatoms. The molecule has 1 amide bonds. The summed E-state index contributed by atoms with van der Waals surface area (Å²) in [6.07, 6.45) is 3.63. The third-order valence-corrected chi connectivity index (χ3v) is 5.63. The number of nitrogens with zero attached hydrogens (tertiary/aromatic N) is 4. The first-order valence-electron chi connectivity index (χ1n) is 10.4. The van der Waals surface area contributed by atoms with Gasteiger partial charge in [-0.3, -0.25) is 9.89 Å². The SMILES string of the molecule is Cc1ncc(-c2ccc(F)cc2)c([C@@H]2CCCN(C(=O)c3cc(C(C)C)[nH]n3)C2)n1. The van der Waals surface area contributed by atoms with Gasteiger partial charge in [0.05, 0.1) is 5.69 Å². The van der Waals surface area contributed by atoms with Crippen LogP contribution in [-0.4, -0.2) is 44.1 Å². The molecule has 1 saturated heterocycles. The van der Waals surface area contributed by atoms with Crippen molar-refractivity contribution in [1.82, 2.24) is 25.1 Å². The summed E-state index contributed by atoms with van der Waals surface area (Å²) >= 11 is 0. The Morgan fingerprint density at radius 2 is 2.03 bits per heavy atom. The maximum atomic E-state index is 13.4. The van der Waals surface area contributed by atoms with E-state index < -0.39 is 0 Å². The summed E-state index contributed by atoms with van der Waals surface area (Å²) in [4.78, 5) is 24.0. The number of benzene rings is 1. The molecular formula is C23H26FN5O. The lowest BCUT2D eigenvalue weighted by atomic mass is 9.89. The molecule has 3 heterocycles. The Morgan fingerprint density at radius 3 is 2.73 bits per heavy atom. The zero-order valence-corrected chi connectivity index (χ0v) is 17.5. The van der Waals surface area contributed by atoms with E-state index in [0.717, 1.165) is 35.4 Å². The molecule has 0 radical (unpaired) electrons. The number of aromatic amines is 1. The minimum Gasteiger partial charge on any atom is -0.337 e. The molecule has 1 N–H and O–H groups in total. The summed E-state index contributed by atoms with van der Waals surface area (Å²) in [5.41, 5.74) is 4.09. The van der Waals surface area contributed by atoms with Crippen molar-refractivity contribution in [3.8, 4) is 11.1 Å². The molecule has 1 atom stereocenters. The number of aromatic nitrogens is 4. The molecule has 3 aromatic rings. The second kappa shape index (κ2) is 8.34. The maximum Gasteiger partial charge on any atom is 0.274 e. The van der Waals surface area contributed by atoms with Crippen molar-refractivity contribution in [3.63, 3.8) is 0 Å². The molecule has 6 nitrogen and oxygen atoms in total. The fourth-order valence-electron chi connectivity index (χ4n) is 3.94. The van der Waals surface area contributed by atoms with E-state index in [1.807, 2.05) is 17.9 Å². The van der Waals surface area contributed by atoms with Gasteiger partial charge in [-0.2, -0.15) is 5.10 Å². The van der Waals surface area contributed by atoms with Crippen LogP contribution in [0.4, 0.5) is 4.39 Å². The Morgan fingerprint density at radius 1 is 1.27 bits per heavy atom. The van der Waals surface area contributed by atoms with Gasteiger partial charge in [0.1, 0.15) is 17.3 Å². The lowest BCUT2D eigenvalue weighted by Gasteiger charge is -2.33. The van der Waals surface area contributed by atoms with Crippen LogP contribution >= 0.6 is 0 Å². The normalized spacial score (nSPS) is 16.8. The lowest BCUT2D eigenvalue weighted by Crippen LogP contribution is -2.39. The monoisotopic (exact) mass is 407 g/mol. The molecule has 1 aliphatic rings. The minimum atomic E-state index is -0.275. The van der Waals surface area contributed by atoms with E-state index in [9.17, 15) is 9.18 Å². The number of piperidine rings is 1. The van der Waals surface area contributed by atoms with Gasteiger partial charge in [0, 0.05) is 36.5 Å². The molecule has 2 aromatic heterocycles. The fourth-order valence-corrected chi connectivity index (χ4v) is 3.94. The van der Waals surface area contributed by atoms with Crippen LogP contribution in [0.15, 0.2) is 36.5 Å². The van der Waals surface area contributed by atoms with Crippen LogP contribution in [0.3, 0.4) is 0 Å². The Labute approximate surface area is 175 Å². The van der Waals surface area contributed by atoms with Crippen LogP contribution < -0.4 is 0 Å². The first kappa shape index (κ1) is 20.2. The molecule has 0 saturated carbocycles. The number of halogens is 1. The minimum absolute atomic E-state index is 0.0584. The van der Waals surface area contributed by atoms with Crippen molar-refractivity contribution in [2.24, 2.45) is 0 Å². The van der Waals surface area contributed by atoms with Crippen molar-refractivity contribution in [2.45, 2.75) is 45.4 Å². The number of hydrogen-bond donors (Lipinski definition) is 1. The summed E-state index contributed by atoms with van der Waals surface area (Å²) in [6.45, 7) is 7.27. The molecule has 30 heavy (non-hydrogen) atoms. The molecule has 1 aliphatic heterocycles. The predicted octanol–water partition coefficient (Wildman–Crippen LogP) is 4.46. The van der Waals surface area contributed by atoms with E-state index >= 15 is 0 Å². The van der Waals surface area contributed by atoms with Gasteiger partial charge in [0.2, 0.25) is 0 Å².